The first kappa shape index (κ1) is 14.3. The van der Waals surface area contributed by atoms with Crippen LogP contribution in [0.4, 0.5) is 0 Å². The van der Waals surface area contributed by atoms with Crippen LogP contribution in [0, 0.1) is 0 Å². The first-order chi connectivity index (χ1) is 11.4. The van der Waals surface area contributed by atoms with Crippen molar-refractivity contribution in [1.82, 2.24) is 4.98 Å². The maximum atomic E-state index is 5.80. The van der Waals surface area contributed by atoms with Gasteiger partial charge < -0.3 is 9.47 Å². The molecule has 0 amide bonds. The molecule has 1 fully saturated rings. The van der Waals surface area contributed by atoms with Crippen molar-refractivity contribution >= 4 is 11.3 Å². The Balaban J connectivity index is 1.34. The minimum atomic E-state index is 0.516. The number of thiazole rings is 1. The summed E-state index contributed by atoms with van der Waals surface area (Å²) in [6.45, 7) is 0.516. The van der Waals surface area contributed by atoms with E-state index < -0.39 is 0 Å². The van der Waals surface area contributed by atoms with Gasteiger partial charge in [0.05, 0.1) is 10.7 Å². The van der Waals surface area contributed by atoms with Gasteiger partial charge in [-0.15, -0.1) is 11.3 Å². The second kappa shape index (κ2) is 6.42. The smallest absolute Gasteiger partial charge is 0.131 e. The van der Waals surface area contributed by atoms with E-state index in [1.54, 1.807) is 11.3 Å². The molecule has 0 unspecified atom stereocenters. The van der Waals surface area contributed by atoms with Gasteiger partial charge in [0, 0.05) is 11.3 Å². The summed E-state index contributed by atoms with van der Waals surface area (Å²) in [4.78, 5) is 4.63. The highest BCUT2D eigenvalue weighted by atomic mass is 32.1. The fraction of sp³-hybridized carbons (Fsp3) is 0.211. The van der Waals surface area contributed by atoms with Crippen LogP contribution in [0.3, 0.4) is 0 Å². The van der Waals surface area contributed by atoms with Crippen molar-refractivity contribution in [1.29, 1.82) is 0 Å². The Kier molecular flexibility index (Phi) is 3.99. The minimum absolute atomic E-state index is 0.516. The molecule has 116 valence electrons. The molecule has 4 heteroatoms. The third-order valence-corrected chi connectivity index (χ3v) is 4.74. The number of hydrogen-bond acceptors (Lipinski definition) is 4. The van der Waals surface area contributed by atoms with E-state index in [0.717, 1.165) is 22.9 Å². The van der Waals surface area contributed by atoms with Gasteiger partial charge in [0.25, 0.3) is 0 Å². The normalized spacial score (nSPS) is 13.7. The van der Waals surface area contributed by atoms with E-state index in [0.29, 0.717) is 12.5 Å². The van der Waals surface area contributed by atoms with Crippen molar-refractivity contribution in [3.63, 3.8) is 0 Å². The Hall–Kier alpha value is -2.33. The van der Waals surface area contributed by atoms with Crippen LogP contribution in [-0.4, -0.2) is 4.98 Å². The average molecular weight is 323 g/mol. The predicted molar refractivity (Wildman–Crippen MR) is 91.4 cm³/mol. The van der Waals surface area contributed by atoms with Crippen molar-refractivity contribution in [2.75, 3.05) is 0 Å². The van der Waals surface area contributed by atoms with E-state index in [1.165, 1.54) is 17.8 Å². The zero-order valence-corrected chi connectivity index (χ0v) is 13.5. The van der Waals surface area contributed by atoms with Gasteiger partial charge in [-0.2, -0.15) is 0 Å². The Morgan fingerprint density at radius 1 is 0.913 bits per heavy atom. The fourth-order valence-electron chi connectivity index (χ4n) is 2.29. The molecule has 0 atom stereocenters. The van der Waals surface area contributed by atoms with E-state index >= 15 is 0 Å². The molecule has 3 aromatic rings. The van der Waals surface area contributed by atoms with Gasteiger partial charge in [-0.3, -0.25) is 0 Å². The van der Waals surface area contributed by atoms with Crippen LogP contribution < -0.4 is 9.47 Å². The third-order valence-electron chi connectivity index (χ3n) is 3.69. The number of nitrogens with zero attached hydrogens (tertiary/aromatic N) is 1. The van der Waals surface area contributed by atoms with Crippen LogP contribution in [-0.2, 0) is 6.61 Å². The first-order valence-electron chi connectivity index (χ1n) is 7.77. The summed E-state index contributed by atoms with van der Waals surface area (Å²) >= 11 is 1.75. The lowest BCUT2D eigenvalue weighted by atomic mass is 10.3. The first-order valence-corrected chi connectivity index (χ1v) is 8.65. The Labute approximate surface area is 139 Å². The molecule has 1 heterocycles. The molecule has 2 aromatic carbocycles. The molecule has 1 saturated carbocycles. The van der Waals surface area contributed by atoms with E-state index in [1.807, 2.05) is 54.6 Å². The van der Waals surface area contributed by atoms with Crippen molar-refractivity contribution in [2.24, 2.45) is 0 Å². The number of benzene rings is 2. The summed E-state index contributed by atoms with van der Waals surface area (Å²) < 4.78 is 11.6. The second-order valence-corrected chi connectivity index (χ2v) is 6.52. The van der Waals surface area contributed by atoms with E-state index in [2.05, 4.69) is 10.4 Å². The van der Waals surface area contributed by atoms with Gasteiger partial charge in [0.2, 0.25) is 0 Å². The van der Waals surface area contributed by atoms with Crippen LogP contribution in [0.1, 0.15) is 29.5 Å². The highest BCUT2D eigenvalue weighted by molar-refractivity contribution is 7.09. The molecule has 4 rings (SSSR count). The van der Waals surface area contributed by atoms with E-state index in [-0.39, 0.29) is 0 Å². The maximum Gasteiger partial charge on any atom is 0.131 e. The van der Waals surface area contributed by atoms with Gasteiger partial charge in [-0.1, -0.05) is 18.2 Å². The molecular formula is C19H17NO2S. The topological polar surface area (TPSA) is 31.4 Å². The Bertz CT molecular complexity index is 764. The van der Waals surface area contributed by atoms with Crippen molar-refractivity contribution < 1.29 is 9.47 Å². The average Bonchev–Trinajstić information content (AvgIpc) is 3.34. The highest BCUT2D eigenvalue weighted by Crippen LogP contribution is 2.41. The SMILES string of the molecule is c1ccc(Oc2ccc(OCc3csc(C4CC4)n3)cc2)cc1. The number of hydrogen-bond donors (Lipinski definition) is 0. The van der Waals surface area contributed by atoms with Gasteiger partial charge in [0.1, 0.15) is 23.9 Å². The number of ether oxygens (including phenoxy) is 2. The zero-order chi connectivity index (χ0) is 15.5. The highest BCUT2D eigenvalue weighted by Gasteiger charge is 2.26. The summed E-state index contributed by atoms with van der Waals surface area (Å²) in [5, 5.41) is 3.36. The van der Waals surface area contributed by atoms with Crippen LogP contribution in [0.5, 0.6) is 17.2 Å². The zero-order valence-electron chi connectivity index (χ0n) is 12.6. The van der Waals surface area contributed by atoms with Gasteiger partial charge >= 0.3 is 0 Å². The van der Waals surface area contributed by atoms with Crippen molar-refractivity contribution in [2.45, 2.75) is 25.4 Å². The summed E-state index contributed by atoms with van der Waals surface area (Å²) in [6.07, 6.45) is 2.58. The lowest BCUT2D eigenvalue weighted by Crippen LogP contribution is -1.96. The maximum absolute atomic E-state index is 5.80. The minimum Gasteiger partial charge on any atom is -0.487 e. The largest absolute Gasteiger partial charge is 0.487 e. The molecule has 0 radical (unpaired) electrons. The van der Waals surface area contributed by atoms with Gasteiger partial charge in [0.15, 0.2) is 0 Å². The molecule has 3 nitrogen and oxygen atoms in total. The molecule has 1 aromatic heterocycles. The molecule has 23 heavy (non-hydrogen) atoms. The Morgan fingerprint density at radius 3 is 2.35 bits per heavy atom. The molecular weight excluding hydrogens is 306 g/mol. The molecule has 0 N–H and O–H groups in total. The van der Waals surface area contributed by atoms with Gasteiger partial charge in [-0.05, 0) is 49.2 Å². The number of aromatic nitrogens is 1. The molecule has 1 aliphatic rings. The monoisotopic (exact) mass is 323 g/mol. The molecule has 0 spiro atoms. The van der Waals surface area contributed by atoms with Crippen LogP contribution in [0.25, 0.3) is 0 Å². The number of rotatable bonds is 6. The third kappa shape index (κ3) is 3.71. The molecule has 0 aliphatic heterocycles. The van der Waals surface area contributed by atoms with Gasteiger partial charge in [-0.25, -0.2) is 4.98 Å². The summed E-state index contributed by atoms with van der Waals surface area (Å²) in [7, 11) is 0. The molecule has 1 aliphatic carbocycles. The summed E-state index contributed by atoms with van der Waals surface area (Å²) in [6, 6.07) is 17.4. The van der Waals surface area contributed by atoms with E-state index in [4.69, 9.17) is 9.47 Å². The van der Waals surface area contributed by atoms with E-state index in [9.17, 15) is 0 Å². The Morgan fingerprint density at radius 2 is 1.61 bits per heavy atom. The standard InChI is InChI=1S/C19H17NO2S/c1-2-4-17(5-3-1)22-18-10-8-16(9-11-18)21-12-15-13-23-19(20-15)14-6-7-14/h1-5,8-11,13-14H,6-7,12H2. The fourth-order valence-corrected chi connectivity index (χ4v) is 3.27. The lowest BCUT2D eigenvalue weighted by molar-refractivity contribution is 0.301. The predicted octanol–water partition coefficient (Wildman–Crippen LogP) is 5.39. The van der Waals surface area contributed by atoms with Crippen molar-refractivity contribution in [3.8, 4) is 17.2 Å². The quantitative estimate of drug-likeness (QED) is 0.609. The number of para-hydroxylation sites is 1. The van der Waals surface area contributed by atoms with Crippen LogP contribution in [0.2, 0.25) is 0 Å². The van der Waals surface area contributed by atoms with Crippen molar-refractivity contribution in [3.05, 3.63) is 70.7 Å². The summed E-state index contributed by atoms with van der Waals surface area (Å²) in [5.74, 6) is 3.17. The second-order valence-electron chi connectivity index (χ2n) is 5.63. The summed E-state index contributed by atoms with van der Waals surface area (Å²) in [5.41, 5.74) is 1.02. The molecule has 0 saturated heterocycles. The lowest BCUT2D eigenvalue weighted by Gasteiger charge is -2.07. The van der Waals surface area contributed by atoms with Crippen LogP contribution in [0.15, 0.2) is 60.0 Å². The van der Waals surface area contributed by atoms with Crippen LogP contribution >= 0.6 is 11.3 Å². The molecule has 0 bridgehead atoms.